The van der Waals surface area contributed by atoms with Crippen LogP contribution >= 0.6 is 12.4 Å². The van der Waals surface area contributed by atoms with Crippen molar-refractivity contribution in [2.45, 2.75) is 46.7 Å². The van der Waals surface area contributed by atoms with Crippen LogP contribution in [0.5, 0.6) is 0 Å². The van der Waals surface area contributed by atoms with Crippen molar-refractivity contribution in [3.63, 3.8) is 0 Å². The molecule has 0 rings (SSSR count). The maximum Gasteiger partial charge on any atom is 0.00411 e. The third kappa shape index (κ3) is 12.2. The third-order valence-electron chi connectivity index (χ3n) is 1.69. The van der Waals surface area contributed by atoms with E-state index >= 15 is 0 Å². The second kappa shape index (κ2) is 12.2. The number of hydrogen-bond acceptors (Lipinski definition) is 2. The second-order valence-electron chi connectivity index (χ2n) is 3.52. The molecule has 0 heterocycles. The van der Waals surface area contributed by atoms with E-state index in [0.29, 0.717) is 12.1 Å². The van der Waals surface area contributed by atoms with Crippen LogP contribution in [-0.2, 0) is 0 Å². The van der Waals surface area contributed by atoms with E-state index in [2.05, 4.69) is 44.8 Å². The minimum atomic E-state index is 0. The van der Waals surface area contributed by atoms with Crippen LogP contribution in [0, 0.1) is 0 Å². The number of nitrogens with one attached hydrogen (secondary N) is 1. The molecule has 0 amide bonds. The van der Waals surface area contributed by atoms with E-state index in [1.165, 1.54) is 0 Å². The Morgan fingerprint density at radius 2 is 1.23 bits per heavy atom. The fourth-order valence-electron chi connectivity index (χ4n) is 1.33. The van der Waals surface area contributed by atoms with Crippen LogP contribution in [-0.4, -0.2) is 37.6 Å². The van der Waals surface area contributed by atoms with Gasteiger partial charge in [0.15, 0.2) is 0 Å². The average Bonchev–Trinajstić information content (AvgIpc) is 1.88. The summed E-state index contributed by atoms with van der Waals surface area (Å²) in [4.78, 5) is 2.46. The molecule has 0 radical (unpaired) electrons. The molecule has 0 unspecified atom stereocenters. The van der Waals surface area contributed by atoms with Crippen molar-refractivity contribution >= 4 is 12.4 Å². The summed E-state index contributed by atoms with van der Waals surface area (Å²) in [6.07, 6.45) is 0. The van der Waals surface area contributed by atoms with E-state index in [9.17, 15) is 0 Å². The standard InChI is InChI=1S/C8H19N.C2H7N.ClH/c1-6-9(7(2)3)8(4)5;1-3-2;/h7-8H,6H2,1-5H3;3H,1-2H3;1H. The minimum Gasteiger partial charge on any atom is -0.323 e. The van der Waals surface area contributed by atoms with Crippen LogP contribution in [0.4, 0.5) is 0 Å². The van der Waals surface area contributed by atoms with Gasteiger partial charge in [-0.1, -0.05) is 6.92 Å². The largest absolute Gasteiger partial charge is 0.323 e. The summed E-state index contributed by atoms with van der Waals surface area (Å²) in [5.41, 5.74) is 0. The summed E-state index contributed by atoms with van der Waals surface area (Å²) in [7, 11) is 3.75. The Morgan fingerprint density at radius 1 is 1.00 bits per heavy atom. The van der Waals surface area contributed by atoms with Gasteiger partial charge in [-0.15, -0.1) is 12.4 Å². The highest BCUT2D eigenvalue weighted by molar-refractivity contribution is 5.85. The average molecular weight is 211 g/mol. The first-order valence-electron chi connectivity index (χ1n) is 4.85. The smallest absolute Gasteiger partial charge is 0.00411 e. The van der Waals surface area contributed by atoms with Crippen LogP contribution in [0.15, 0.2) is 0 Å². The lowest BCUT2D eigenvalue weighted by molar-refractivity contribution is 0.185. The molecular weight excluding hydrogens is 184 g/mol. The summed E-state index contributed by atoms with van der Waals surface area (Å²) in [6.45, 7) is 12.3. The van der Waals surface area contributed by atoms with Crippen LogP contribution < -0.4 is 5.32 Å². The summed E-state index contributed by atoms with van der Waals surface area (Å²) >= 11 is 0. The molecule has 3 heteroatoms. The highest BCUT2D eigenvalue weighted by atomic mass is 35.5. The van der Waals surface area contributed by atoms with Gasteiger partial charge in [0.25, 0.3) is 0 Å². The molecule has 0 saturated heterocycles. The quantitative estimate of drug-likeness (QED) is 0.770. The molecule has 0 aromatic heterocycles. The van der Waals surface area contributed by atoms with Crippen LogP contribution in [0.2, 0.25) is 0 Å². The SMILES string of the molecule is CCN(C(C)C)C(C)C.CNC.Cl. The summed E-state index contributed by atoms with van der Waals surface area (Å²) in [5.74, 6) is 0. The lowest BCUT2D eigenvalue weighted by Crippen LogP contribution is -2.36. The van der Waals surface area contributed by atoms with Crippen LogP contribution in [0.25, 0.3) is 0 Å². The minimum absolute atomic E-state index is 0. The van der Waals surface area contributed by atoms with Crippen molar-refractivity contribution in [3.05, 3.63) is 0 Å². The molecule has 0 aliphatic carbocycles. The van der Waals surface area contributed by atoms with Gasteiger partial charge in [0.1, 0.15) is 0 Å². The Morgan fingerprint density at radius 3 is 1.23 bits per heavy atom. The van der Waals surface area contributed by atoms with Crippen molar-refractivity contribution in [1.29, 1.82) is 0 Å². The molecule has 0 fully saturated rings. The van der Waals surface area contributed by atoms with Crippen molar-refractivity contribution in [3.8, 4) is 0 Å². The fraction of sp³-hybridized carbons (Fsp3) is 1.00. The third-order valence-corrected chi connectivity index (χ3v) is 1.69. The maximum atomic E-state index is 2.75. The van der Waals surface area contributed by atoms with E-state index in [1.807, 2.05) is 14.1 Å². The predicted octanol–water partition coefficient (Wildman–Crippen LogP) is 2.38. The molecule has 1 N–H and O–H groups in total. The number of hydrogen-bond donors (Lipinski definition) is 1. The molecule has 0 saturated carbocycles. The first-order chi connectivity index (χ1) is 5.51. The molecule has 0 spiro atoms. The Hall–Kier alpha value is 0.210. The van der Waals surface area contributed by atoms with E-state index < -0.39 is 0 Å². The van der Waals surface area contributed by atoms with Crippen molar-refractivity contribution in [2.75, 3.05) is 20.6 Å². The van der Waals surface area contributed by atoms with Gasteiger partial charge in [0.05, 0.1) is 0 Å². The Bertz CT molecular complexity index is 77.0. The summed E-state index contributed by atoms with van der Waals surface area (Å²) in [5, 5.41) is 2.75. The summed E-state index contributed by atoms with van der Waals surface area (Å²) in [6, 6.07) is 1.38. The van der Waals surface area contributed by atoms with Gasteiger partial charge in [-0.3, -0.25) is 4.90 Å². The Balaban J connectivity index is -0.000000220. The highest BCUT2D eigenvalue weighted by Crippen LogP contribution is 2.02. The summed E-state index contributed by atoms with van der Waals surface area (Å²) < 4.78 is 0. The number of nitrogens with zero attached hydrogens (tertiary/aromatic N) is 1. The molecular formula is C10H27ClN2. The normalized spacial score (nSPS) is 9.69. The van der Waals surface area contributed by atoms with Gasteiger partial charge in [-0.2, -0.15) is 0 Å². The first-order valence-corrected chi connectivity index (χ1v) is 4.85. The van der Waals surface area contributed by atoms with E-state index in [1.54, 1.807) is 0 Å². The predicted molar refractivity (Wildman–Crippen MR) is 64.9 cm³/mol. The lowest BCUT2D eigenvalue weighted by Gasteiger charge is -2.28. The fourth-order valence-corrected chi connectivity index (χ4v) is 1.33. The molecule has 0 aliphatic rings. The zero-order valence-corrected chi connectivity index (χ0v) is 11.0. The van der Waals surface area contributed by atoms with Crippen molar-refractivity contribution < 1.29 is 0 Å². The molecule has 13 heavy (non-hydrogen) atoms. The number of halogens is 1. The first kappa shape index (κ1) is 18.9. The topological polar surface area (TPSA) is 15.3 Å². The Kier molecular flexibility index (Phi) is 17.7. The molecule has 84 valence electrons. The van der Waals surface area contributed by atoms with Crippen LogP contribution in [0.3, 0.4) is 0 Å². The van der Waals surface area contributed by atoms with Gasteiger partial charge < -0.3 is 5.32 Å². The molecule has 0 aromatic rings. The van der Waals surface area contributed by atoms with Gasteiger partial charge in [-0.25, -0.2) is 0 Å². The molecule has 0 aliphatic heterocycles. The molecule has 2 nitrogen and oxygen atoms in total. The van der Waals surface area contributed by atoms with E-state index in [0.717, 1.165) is 6.54 Å². The highest BCUT2D eigenvalue weighted by Gasteiger charge is 2.08. The van der Waals surface area contributed by atoms with Gasteiger partial charge >= 0.3 is 0 Å². The number of rotatable bonds is 3. The lowest BCUT2D eigenvalue weighted by atomic mass is 10.2. The second-order valence-corrected chi connectivity index (χ2v) is 3.52. The molecule has 0 bridgehead atoms. The molecule has 0 aromatic carbocycles. The van der Waals surface area contributed by atoms with Crippen molar-refractivity contribution in [1.82, 2.24) is 10.2 Å². The van der Waals surface area contributed by atoms with Gasteiger partial charge in [0, 0.05) is 12.1 Å². The zero-order chi connectivity index (χ0) is 10.1. The van der Waals surface area contributed by atoms with E-state index in [4.69, 9.17) is 0 Å². The Labute approximate surface area is 90.5 Å². The van der Waals surface area contributed by atoms with Crippen LogP contribution in [0.1, 0.15) is 34.6 Å². The van der Waals surface area contributed by atoms with Gasteiger partial charge in [-0.05, 0) is 48.3 Å². The van der Waals surface area contributed by atoms with E-state index in [-0.39, 0.29) is 12.4 Å². The monoisotopic (exact) mass is 210 g/mol. The van der Waals surface area contributed by atoms with Gasteiger partial charge in [0.2, 0.25) is 0 Å². The van der Waals surface area contributed by atoms with Crippen molar-refractivity contribution in [2.24, 2.45) is 0 Å². The zero-order valence-electron chi connectivity index (χ0n) is 10.2. The molecule has 0 atom stereocenters. The maximum absolute atomic E-state index is 2.75.